The average molecular weight is 862 g/mol. The van der Waals surface area contributed by atoms with Crippen molar-refractivity contribution in [2.75, 3.05) is 26.7 Å². The number of nitrogens with zero attached hydrogens (tertiary/aromatic N) is 4. The summed E-state index contributed by atoms with van der Waals surface area (Å²) < 4.78 is 40.7. The van der Waals surface area contributed by atoms with E-state index in [4.69, 9.17) is 19.4 Å². The Labute approximate surface area is 355 Å². The third kappa shape index (κ3) is 8.56. The molecular formula is C43H55N7O8S2. The maximum atomic E-state index is 14.8. The van der Waals surface area contributed by atoms with E-state index in [-0.39, 0.29) is 31.3 Å². The molecular weight excluding hydrogens is 807 g/mol. The molecule has 322 valence electrons. The first-order chi connectivity index (χ1) is 28.8. The molecule has 5 heterocycles. The number of sulfonamides is 1. The van der Waals surface area contributed by atoms with Gasteiger partial charge in [0.05, 0.1) is 30.1 Å². The molecule has 17 heteroatoms. The SMILES string of the molecule is COc1ccc2c(O[C@@H]3C[C@H]4C(=O)N[C@]5(C(=O)NS(=O)(=O)C6CC6)C[C@H]5C=CCCCCC[C@H](NC(=O)N5CCCC5)C(=O)N4C3)cc(-c3nc(C(C)C)cs3)nc2c1C. The summed E-state index contributed by atoms with van der Waals surface area (Å²) in [6, 6.07) is 3.28. The van der Waals surface area contributed by atoms with Gasteiger partial charge in [-0.2, -0.15) is 0 Å². The normalized spacial score (nSPS) is 26.2. The second-order valence-corrected chi connectivity index (χ2v) is 20.0. The van der Waals surface area contributed by atoms with E-state index in [1.54, 1.807) is 12.0 Å². The van der Waals surface area contributed by atoms with Gasteiger partial charge in [-0.15, -0.1) is 11.3 Å². The van der Waals surface area contributed by atoms with Crippen LogP contribution in [-0.4, -0.2) is 108 Å². The fraction of sp³-hybridized carbons (Fsp3) is 0.581. The van der Waals surface area contributed by atoms with Crippen molar-refractivity contribution in [2.24, 2.45) is 5.92 Å². The summed E-state index contributed by atoms with van der Waals surface area (Å²) in [5, 5.41) is 8.78. The highest BCUT2D eigenvalue weighted by Gasteiger charge is 2.62. The maximum absolute atomic E-state index is 14.8. The average Bonchev–Trinajstić information content (AvgIpc) is 3.95. The smallest absolute Gasteiger partial charge is 0.318 e. The molecule has 60 heavy (non-hydrogen) atoms. The van der Waals surface area contributed by atoms with Crippen LogP contribution in [0.4, 0.5) is 4.79 Å². The number of thiazole rings is 1. The van der Waals surface area contributed by atoms with Gasteiger partial charge >= 0.3 is 6.03 Å². The van der Waals surface area contributed by atoms with Crippen LogP contribution in [0.3, 0.4) is 0 Å². The lowest BCUT2D eigenvalue weighted by atomic mass is 10.0. The molecule has 5 atom stereocenters. The van der Waals surface area contributed by atoms with Crippen LogP contribution >= 0.6 is 11.3 Å². The minimum atomic E-state index is -3.90. The quantitative estimate of drug-likeness (QED) is 0.238. The maximum Gasteiger partial charge on any atom is 0.318 e. The molecule has 0 unspecified atom stereocenters. The molecule has 4 fully saturated rings. The Balaban J connectivity index is 1.14. The number of fused-ring (bicyclic) bond motifs is 3. The molecule has 0 radical (unpaired) electrons. The van der Waals surface area contributed by atoms with Gasteiger partial charge in [-0.3, -0.25) is 19.1 Å². The van der Waals surface area contributed by atoms with Crippen molar-refractivity contribution in [3.63, 3.8) is 0 Å². The highest BCUT2D eigenvalue weighted by molar-refractivity contribution is 7.91. The monoisotopic (exact) mass is 861 g/mol. The first-order valence-corrected chi connectivity index (χ1v) is 23.7. The van der Waals surface area contributed by atoms with Crippen LogP contribution in [0.2, 0.25) is 0 Å². The number of carbonyl (C=O) groups excluding carboxylic acids is 4. The van der Waals surface area contributed by atoms with Crippen molar-refractivity contribution in [3.8, 4) is 22.2 Å². The number of benzene rings is 1. The molecule has 2 aliphatic carbocycles. The zero-order chi connectivity index (χ0) is 42.3. The third-order valence-corrected chi connectivity index (χ3v) is 15.2. The molecule has 3 N–H and O–H groups in total. The Morgan fingerprint density at radius 2 is 1.82 bits per heavy atom. The van der Waals surface area contributed by atoms with Crippen LogP contribution in [0.5, 0.6) is 11.5 Å². The predicted octanol–water partition coefficient (Wildman–Crippen LogP) is 5.32. The number of urea groups is 1. The summed E-state index contributed by atoms with van der Waals surface area (Å²) in [6.07, 6.45) is 9.62. The topological polar surface area (TPSA) is 189 Å². The number of nitrogens with one attached hydrogen (secondary N) is 3. The van der Waals surface area contributed by atoms with Crippen LogP contribution < -0.4 is 24.8 Å². The van der Waals surface area contributed by atoms with Crippen LogP contribution in [0.25, 0.3) is 21.6 Å². The van der Waals surface area contributed by atoms with Crippen molar-refractivity contribution in [1.82, 2.24) is 35.1 Å². The van der Waals surface area contributed by atoms with E-state index in [2.05, 4.69) is 29.2 Å². The number of ether oxygens (including phenoxy) is 2. The third-order valence-electron chi connectivity index (χ3n) is 12.5. The van der Waals surface area contributed by atoms with E-state index in [1.165, 1.54) is 16.2 Å². The number of amides is 5. The lowest BCUT2D eigenvalue weighted by Gasteiger charge is -2.30. The molecule has 2 aromatic heterocycles. The number of methoxy groups -OCH3 is 1. The molecule has 0 spiro atoms. The molecule has 5 amide bonds. The molecule has 3 aliphatic heterocycles. The summed E-state index contributed by atoms with van der Waals surface area (Å²) in [5.41, 5.74) is 1.54. The molecule has 2 saturated carbocycles. The van der Waals surface area contributed by atoms with Gasteiger partial charge in [-0.05, 0) is 76.3 Å². The van der Waals surface area contributed by atoms with Crippen LogP contribution in [0.15, 0.2) is 35.7 Å². The van der Waals surface area contributed by atoms with Crippen LogP contribution in [0.1, 0.15) is 102 Å². The summed E-state index contributed by atoms with van der Waals surface area (Å²) in [6.45, 7) is 7.33. The van der Waals surface area contributed by atoms with E-state index in [9.17, 15) is 27.6 Å². The van der Waals surface area contributed by atoms with Crippen LogP contribution in [0, 0.1) is 12.8 Å². The summed E-state index contributed by atoms with van der Waals surface area (Å²) >= 11 is 1.49. The lowest BCUT2D eigenvalue weighted by Crippen LogP contribution is -2.58. The Hall–Kier alpha value is -4.77. The van der Waals surface area contributed by atoms with Crippen molar-refractivity contribution in [2.45, 2.75) is 126 Å². The first-order valence-electron chi connectivity index (χ1n) is 21.3. The Morgan fingerprint density at radius 1 is 1.03 bits per heavy atom. The van der Waals surface area contributed by atoms with Crippen molar-refractivity contribution in [3.05, 3.63) is 47.0 Å². The van der Waals surface area contributed by atoms with Gasteiger partial charge in [0.25, 0.3) is 5.91 Å². The van der Waals surface area contributed by atoms with Crippen LogP contribution in [-0.2, 0) is 24.4 Å². The van der Waals surface area contributed by atoms with Gasteiger partial charge in [0.2, 0.25) is 21.8 Å². The standard InChI is InChI=1S/C43H55N7O8S2/c1-25(2)33-24-59-39(45-33)32-21-36(30-16-17-35(57-4)26(3)37(30)44-32)58-28-20-34-38(51)47-43(41(53)48-60(55,56)29-14-15-29)22-27(43)12-8-6-5-7-9-13-31(40(52)50(34)23-28)46-42(54)49-18-10-11-19-49/h8,12,16-17,21,24-25,27-29,31,34H,5-7,9-11,13-15,18-20,22-23H2,1-4H3,(H,46,54)(H,47,51)(H,48,53)/t27-,28-,31+,34+,43-/m1/s1. The molecule has 0 bridgehead atoms. The largest absolute Gasteiger partial charge is 0.496 e. The van der Waals surface area contributed by atoms with Gasteiger partial charge in [0.1, 0.15) is 45.9 Å². The Bertz CT molecular complexity index is 2300. The minimum absolute atomic E-state index is 0.0224. The number of hydrogen-bond acceptors (Lipinski definition) is 11. The summed E-state index contributed by atoms with van der Waals surface area (Å²) in [5.74, 6) is -0.815. The van der Waals surface area contributed by atoms with Gasteiger partial charge < -0.3 is 29.9 Å². The zero-order valence-corrected chi connectivity index (χ0v) is 36.3. The number of carbonyl (C=O) groups is 4. The van der Waals surface area contributed by atoms with Gasteiger partial charge in [0.15, 0.2) is 0 Å². The predicted molar refractivity (Wildman–Crippen MR) is 227 cm³/mol. The fourth-order valence-corrected chi connectivity index (χ4v) is 11.0. The molecule has 1 aromatic carbocycles. The molecule has 2 saturated heterocycles. The first kappa shape index (κ1) is 41.9. The number of aryl methyl sites for hydroxylation is 1. The Kier molecular flexibility index (Phi) is 11.8. The van der Waals surface area contributed by atoms with E-state index in [0.29, 0.717) is 73.3 Å². The Morgan fingerprint density at radius 3 is 2.53 bits per heavy atom. The fourth-order valence-electron chi connectivity index (χ4n) is 8.66. The van der Waals surface area contributed by atoms with E-state index < -0.39 is 62.6 Å². The number of likely N-dealkylation sites (tertiary alicyclic amines) is 1. The number of allylic oxidation sites excluding steroid dienone is 1. The van der Waals surface area contributed by atoms with Gasteiger partial charge in [0, 0.05) is 47.8 Å². The summed E-state index contributed by atoms with van der Waals surface area (Å²) in [4.78, 5) is 69.9. The minimum Gasteiger partial charge on any atom is -0.496 e. The van der Waals surface area contributed by atoms with E-state index >= 15 is 0 Å². The second-order valence-electron chi connectivity index (χ2n) is 17.2. The number of pyridine rings is 1. The highest BCUT2D eigenvalue weighted by Crippen LogP contribution is 2.46. The summed E-state index contributed by atoms with van der Waals surface area (Å²) in [7, 11) is -2.29. The van der Waals surface area contributed by atoms with Crippen molar-refractivity contribution < 1.29 is 37.1 Å². The molecule has 8 rings (SSSR count). The van der Waals surface area contributed by atoms with Crippen molar-refractivity contribution >= 4 is 56.0 Å². The van der Waals surface area contributed by atoms with Gasteiger partial charge in [-0.25, -0.2) is 23.2 Å². The lowest BCUT2D eigenvalue weighted by molar-refractivity contribution is -0.141. The van der Waals surface area contributed by atoms with Crippen molar-refractivity contribution in [1.29, 1.82) is 0 Å². The molecule has 3 aromatic rings. The van der Waals surface area contributed by atoms with Gasteiger partial charge in [-0.1, -0.05) is 38.8 Å². The number of rotatable bonds is 9. The molecule has 15 nitrogen and oxygen atoms in total. The van der Waals surface area contributed by atoms with E-state index in [1.807, 2.05) is 42.7 Å². The number of aromatic nitrogens is 2. The number of hydrogen-bond donors (Lipinski definition) is 3. The zero-order valence-electron chi connectivity index (χ0n) is 34.7. The highest BCUT2D eigenvalue weighted by atomic mass is 32.2. The molecule has 5 aliphatic rings. The van der Waals surface area contributed by atoms with E-state index in [0.717, 1.165) is 41.9 Å². The second kappa shape index (κ2) is 16.9.